The molecule has 0 aliphatic rings. The molecular formula is C21H30N2. The molecule has 0 saturated heterocycles. The zero-order valence-electron chi connectivity index (χ0n) is 15.0. The van der Waals surface area contributed by atoms with E-state index in [4.69, 9.17) is 11.5 Å². The summed E-state index contributed by atoms with van der Waals surface area (Å²) < 4.78 is 0. The Morgan fingerprint density at radius 3 is 1.57 bits per heavy atom. The number of benzene rings is 2. The maximum absolute atomic E-state index is 6.37. The van der Waals surface area contributed by atoms with E-state index in [1.807, 2.05) is 0 Å². The molecule has 0 aromatic heterocycles. The Morgan fingerprint density at radius 1 is 0.696 bits per heavy atom. The summed E-state index contributed by atoms with van der Waals surface area (Å²) in [5.74, 6) is 0. The van der Waals surface area contributed by atoms with Crippen LogP contribution in [0.1, 0.15) is 60.1 Å². The molecular weight excluding hydrogens is 280 g/mol. The highest BCUT2D eigenvalue weighted by Crippen LogP contribution is 2.26. The largest absolute Gasteiger partial charge is 0.398 e. The number of rotatable bonds is 6. The van der Waals surface area contributed by atoms with E-state index in [0.29, 0.717) is 0 Å². The van der Waals surface area contributed by atoms with E-state index in [9.17, 15) is 0 Å². The van der Waals surface area contributed by atoms with E-state index in [0.717, 1.165) is 54.6 Å². The number of nitrogen functional groups attached to an aromatic ring is 2. The number of aryl methyl sites for hydroxylation is 4. The number of hydrogen-bond donors (Lipinski definition) is 2. The normalized spacial score (nSPS) is 11.0. The fourth-order valence-corrected chi connectivity index (χ4v) is 3.31. The van der Waals surface area contributed by atoms with Crippen molar-refractivity contribution in [3.8, 4) is 0 Å². The summed E-state index contributed by atoms with van der Waals surface area (Å²) in [6.45, 7) is 8.58. The molecule has 0 fully saturated rings. The first-order valence-corrected chi connectivity index (χ1v) is 8.72. The summed E-state index contributed by atoms with van der Waals surface area (Å²) in [5, 5.41) is 0. The molecule has 0 aliphatic carbocycles. The van der Waals surface area contributed by atoms with Crippen molar-refractivity contribution in [2.45, 2.75) is 59.8 Å². The summed E-state index contributed by atoms with van der Waals surface area (Å²) in [7, 11) is 0. The van der Waals surface area contributed by atoms with Gasteiger partial charge in [0.2, 0.25) is 0 Å². The van der Waals surface area contributed by atoms with E-state index in [1.54, 1.807) is 0 Å². The first kappa shape index (κ1) is 17.4. The Balaban J connectivity index is 2.39. The monoisotopic (exact) mass is 310 g/mol. The molecule has 4 N–H and O–H groups in total. The first-order valence-electron chi connectivity index (χ1n) is 8.72. The van der Waals surface area contributed by atoms with Gasteiger partial charge in [-0.1, -0.05) is 51.0 Å². The molecule has 0 aliphatic heterocycles. The Morgan fingerprint density at radius 2 is 1.13 bits per heavy atom. The van der Waals surface area contributed by atoms with Crippen molar-refractivity contribution in [2.24, 2.45) is 0 Å². The van der Waals surface area contributed by atoms with Crippen LogP contribution in [0.2, 0.25) is 0 Å². The molecule has 2 aromatic carbocycles. The van der Waals surface area contributed by atoms with Gasteiger partial charge in [-0.05, 0) is 66.5 Å². The lowest BCUT2D eigenvalue weighted by molar-refractivity contribution is 0.894. The Kier molecular flexibility index (Phi) is 5.70. The zero-order valence-corrected chi connectivity index (χ0v) is 15.0. The average molecular weight is 310 g/mol. The summed E-state index contributed by atoms with van der Waals surface area (Å²) in [5.41, 5.74) is 22.0. The predicted octanol–water partition coefficient (Wildman–Crippen LogP) is 4.96. The number of hydrogen-bond acceptors (Lipinski definition) is 2. The van der Waals surface area contributed by atoms with Crippen LogP contribution in [0.15, 0.2) is 24.3 Å². The molecule has 0 heterocycles. The third-order valence-corrected chi connectivity index (χ3v) is 4.51. The summed E-state index contributed by atoms with van der Waals surface area (Å²) >= 11 is 0. The third-order valence-electron chi connectivity index (χ3n) is 4.51. The van der Waals surface area contributed by atoms with Crippen LogP contribution in [-0.4, -0.2) is 0 Å². The van der Waals surface area contributed by atoms with Crippen molar-refractivity contribution in [1.82, 2.24) is 0 Å². The second kappa shape index (κ2) is 7.54. The molecule has 23 heavy (non-hydrogen) atoms. The average Bonchev–Trinajstić information content (AvgIpc) is 2.50. The highest BCUT2D eigenvalue weighted by atomic mass is 14.6. The Bertz CT molecular complexity index is 636. The van der Waals surface area contributed by atoms with Gasteiger partial charge in [0.25, 0.3) is 0 Å². The molecule has 2 heteroatoms. The fraction of sp³-hybridized carbons (Fsp3) is 0.429. The van der Waals surface area contributed by atoms with Gasteiger partial charge < -0.3 is 11.5 Å². The molecule has 0 amide bonds. The van der Waals surface area contributed by atoms with E-state index in [-0.39, 0.29) is 0 Å². The van der Waals surface area contributed by atoms with Gasteiger partial charge in [-0.2, -0.15) is 0 Å². The molecule has 0 bridgehead atoms. The van der Waals surface area contributed by atoms with Crippen LogP contribution >= 0.6 is 0 Å². The summed E-state index contributed by atoms with van der Waals surface area (Å²) in [6, 6.07) is 8.99. The van der Waals surface area contributed by atoms with Crippen LogP contribution in [0.25, 0.3) is 0 Å². The molecule has 0 radical (unpaired) electrons. The zero-order chi connectivity index (χ0) is 17.0. The highest BCUT2D eigenvalue weighted by molar-refractivity contribution is 5.58. The molecule has 124 valence electrons. The predicted molar refractivity (Wildman–Crippen MR) is 102 cm³/mol. The standard InChI is InChI=1S/C21H30N2/c1-5-7-18-12-17(13-19(8-6-2)21(18)23)11-16-9-14(3)20(22)15(4)10-16/h9-10,12-13H,5-8,11,22-23H2,1-4H3. The molecule has 0 unspecified atom stereocenters. The van der Waals surface area contributed by atoms with Gasteiger partial charge in [-0.3, -0.25) is 0 Å². The second-order valence-corrected chi connectivity index (χ2v) is 6.65. The van der Waals surface area contributed by atoms with E-state index < -0.39 is 0 Å². The smallest absolute Gasteiger partial charge is 0.0379 e. The fourth-order valence-electron chi connectivity index (χ4n) is 3.31. The Hall–Kier alpha value is -1.96. The van der Waals surface area contributed by atoms with Gasteiger partial charge in [0.05, 0.1) is 0 Å². The molecule has 2 nitrogen and oxygen atoms in total. The quantitative estimate of drug-likeness (QED) is 0.741. The van der Waals surface area contributed by atoms with Gasteiger partial charge in [-0.15, -0.1) is 0 Å². The van der Waals surface area contributed by atoms with Crippen molar-refractivity contribution in [2.75, 3.05) is 11.5 Å². The molecule has 0 saturated carbocycles. The van der Waals surface area contributed by atoms with Crippen LogP contribution in [0.4, 0.5) is 11.4 Å². The van der Waals surface area contributed by atoms with Gasteiger partial charge in [0.1, 0.15) is 0 Å². The van der Waals surface area contributed by atoms with Gasteiger partial charge in [-0.25, -0.2) is 0 Å². The molecule has 2 rings (SSSR count). The SMILES string of the molecule is CCCc1cc(Cc2cc(C)c(N)c(C)c2)cc(CCC)c1N. The minimum Gasteiger partial charge on any atom is -0.398 e. The second-order valence-electron chi connectivity index (χ2n) is 6.65. The van der Waals surface area contributed by atoms with E-state index >= 15 is 0 Å². The summed E-state index contributed by atoms with van der Waals surface area (Å²) in [6.07, 6.45) is 5.29. The van der Waals surface area contributed by atoms with Crippen LogP contribution in [0.3, 0.4) is 0 Å². The maximum atomic E-state index is 6.37. The van der Waals surface area contributed by atoms with Crippen molar-refractivity contribution in [1.29, 1.82) is 0 Å². The number of nitrogens with two attached hydrogens (primary N) is 2. The van der Waals surface area contributed by atoms with E-state index in [1.165, 1.54) is 22.3 Å². The van der Waals surface area contributed by atoms with Crippen LogP contribution in [-0.2, 0) is 19.3 Å². The summed E-state index contributed by atoms with van der Waals surface area (Å²) in [4.78, 5) is 0. The lowest BCUT2D eigenvalue weighted by Crippen LogP contribution is -2.03. The topological polar surface area (TPSA) is 52.0 Å². The van der Waals surface area contributed by atoms with Crippen LogP contribution in [0, 0.1) is 13.8 Å². The lowest BCUT2D eigenvalue weighted by atomic mass is 9.93. The van der Waals surface area contributed by atoms with E-state index in [2.05, 4.69) is 52.0 Å². The number of anilines is 2. The first-order chi connectivity index (χ1) is 11.0. The Labute approximate surface area is 140 Å². The minimum absolute atomic E-state index is 0.907. The van der Waals surface area contributed by atoms with Gasteiger partial charge >= 0.3 is 0 Å². The third kappa shape index (κ3) is 4.07. The van der Waals surface area contributed by atoms with Crippen LogP contribution in [0.5, 0.6) is 0 Å². The molecule has 0 spiro atoms. The lowest BCUT2D eigenvalue weighted by Gasteiger charge is -2.15. The maximum Gasteiger partial charge on any atom is 0.0379 e. The van der Waals surface area contributed by atoms with Crippen molar-refractivity contribution in [3.05, 3.63) is 57.6 Å². The van der Waals surface area contributed by atoms with Crippen molar-refractivity contribution < 1.29 is 0 Å². The minimum atomic E-state index is 0.907. The van der Waals surface area contributed by atoms with Crippen molar-refractivity contribution in [3.63, 3.8) is 0 Å². The molecule has 2 aromatic rings. The van der Waals surface area contributed by atoms with Gasteiger partial charge in [0.15, 0.2) is 0 Å². The highest BCUT2D eigenvalue weighted by Gasteiger charge is 2.09. The van der Waals surface area contributed by atoms with Crippen LogP contribution < -0.4 is 11.5 Å². The molecule has 0 atom stereocenters. The van der Waals surface area contributed by atoms with Gasteiger partial charge in [0, 0.05) is 11.4 Å². The van der Waals surface area contributed by atoms with Crippen molar-refractivity contribution >= 4 is 11.4 Å².